The number of carbonyl (C=O) groups is 1. The summed E-state index contributed by atoms with van der Waals surface area (Å²) in [5.41, 5.74) is 0.820. The molecule has 0 unspecified atom stereocenters. The Kier molecular flexibility index (Phi) is 4.93. The van der Waals surface area contributed by atoms with E-state index in [1.807, 2.05) is 30.3 Å². The fraction of sp³-hybridized carbons (Fsp3) is 0.421. The zero-order valence-electron chi connectivity index (χ0n) is 14.5. The molecule has 1 amide bonds. The lowest BCUT2D eigenvalue weighted by Crippen LogP contribution is -2.45. The minimum absolute atomic E-state index is 0.227. The molecular formula is C19H22ClN5O. The molecule has 2 fully saturated rings. The van der Waals surface area contributed by atoms with E-state index in [4.69, 9.17) is 11.6 Å². The molecule has 0 bridgehead atoms. The second kappa shape index (κ2) is 7.50. The van der Waals surface area contributed by atoms with E-state index >= 15 is 0 Å². The van der Waals surface area contributed by atoms with E-state index in [-0.39, 0.29) is 17.9 Å². The Morgan fingerprint density at radius 3 is 2.62 bits per heavy atom. The lowest BCUT2D eigenvalue weighted by molar-refractivity contribution is -0.123. The zero-order valence-corrected chi connectivity index (χ0v) is 15.2. The first-order chi connectivity index (χ1) is 12.7. The molecule has 2 N–H and O–H groups in total. The molecule has 0 atom stereocenters. The van der Waals surface area contributed by atoms with Crippen LogP contribution in [0.15, 0.2) is 36.5 Å². The predicted molar refractivity (Wildman–Crippen MR) is 103 cm³/mol. The van der Waals surface area contributed by atoms with Crippen LogP contribution in [0.4, 0.5) is 17.5 Å². The molecule has 0 radical (unpaired) electrons. The highest BCUT2D eigenvalue weighted by Gasteiger charge is 2.32. The molecular weight excluding hydrogens is 350 g/mol. The van der Waals surface area contributed by atoms with Crippen LogP contribution in [-0.2, 0) is 4.79 Å². The molecule has 136 valence electrons. The van der Waals surface area contributed by atoms with Gasteiger partial charge in [0.15, 0.2) is 0 Å². The highest BCUT2D eigenvalue weighted by atomic mass is 35.5. The van der Waals surface area contributed by atoms with Crippen molar-refractivity contribution in [1.82, 2.24) is 15.3 Å². The van der Waals surface area contributed by atoms with E-state index in [0.29, 0.717) is 16.8 Å². The van der Waals surface area contributed by atoms with E-state index in [2.05, 4.69) is 25.5 Å². The van der Waals surface area contributed by atoms with E-state index < -0.39 is 0 Å². The third kappa shape index (κ3) is 4.07. The Hall–Kier alpha value is -2.34. The molecule has 1 saturated heterocycles. The number of nitrogens with one attached hydrogen (secondary N) is 2. The van der Waals surface area contributed by atoms with Crippen molar-refractivity contribution in [3.05, 3.63) is 41.6 Å². The van der Waals surface area contributed by atoms with Crippen molar-refractivity contribution >= 4 is 35.0 Å². The molecule has 4 rings (SSSR count). The number of halogens is 1. The lowest BCUT2D eigenvalue weighted by atomic mass is 10.1. The second-order valence-electron chi connectivity index (χ2n) is 6.89. The van der Waals surface area contributed by atoms with Gasteiger partial charge in [0.1, 0.15) is 5.82 Å². The number of para-hydroxylation sites is 1. The minimum atomic E-state index is 0.227. The third-order valence-corrected chi connectivity index (χ3v) is 5.18. The van der Waals surface area contributed by atoms with Crippen LogP contribution in [0.2, 0.25) is 5.02 Å². The maximum absolute atomic E-state index is 11.9. The van der Waals surface area contributed by atoms with Gasteiger partial charge in [0.05, 0.1) is 10.7 Å². The fourth-order valence-corrected chi connectivity index (χ4v) is 3.34. The van der Waals surface area contributed by atoms with Gasteiger partial charge in [-0.3, -0.25) is 4.79 Å². The summed E-state index contributed by atoms with van der Waals surface area (Å²) in [4.78, 5) is 23.1. The maximum atomic E-state index is 11.9. The molecule has 2 aliphatic rings. The van der Waals surface area contributed by atoms with Gasteiger partial charge < -0.3 is 15.5 Å². The number of hydrogen-bond donors (Lipinski definition) is 2. The average Bonchev–Trinajstić information content (AvgIpc) is 3.50. The standard InChI is InChI=1S/C19H22ClN5O/c20-15-3-1-2-4-16(15)23-17-7-10-21-19(24-17)25-11-8-14(9-12-25)22-18(26)13-5-6-13/h1-4,7,10,13-14H,5-6,8-9,11-12H2,(H,22,26)(H,21,23,24). The molecule has 1 aromatic heterocycles. The normalized spacial score (nSPS) is 17.8. The minimum Gasteiger partial charge on any atom is -0.353 e. The van der Waals surface area contributed by atoms with Gasteiger partial charge in [-0.15, -0.1) is 0 Å². The fourth-order valence-electron chi connectivity index (χ4n) is 3.16. The summed E-state index contributed by atoms with van der Waals surface area (Å²) in [5, 5.41) is 7.06. The van der Waals surface area contributed by atoms with Crippen LogP contribution in [-0.4, -0.2) is 35.0 Å². The summed E-state index contributed by atoms with van der Waals surface area (Å²) in [6.07, 6.45) is 5.68. The quantitative estimate of drug-likeness (QED) is 0.843. The van der Waals surface area contributed by atoms with Crippen LogP contribution in [0.1, 0.15) is 25.7 Å². The van der Waals surface area contributed by atoms with E-state index in [1.54, 1.807) is 6.20 Å². The summed E-state index contributed by atoms with van der Waals surface area (Å²) in [6.45, 7) is 1.68. The largest absolute Gasteiger partial charge is 0.353 e. The number of aromatic nitrogens is 2. The number of anilines is 3. The van der Waals surface area contributed by atoms with Crippen molar-refractivity contribution < 1.29 is 4.79 Å². The van der Waals surface area contributed by atoms with Crippen LogP contribution in [0, 0.1) is 5.92 Å². The summed E-state index contributed by atoms with van der Waals surface area (Å²) < 4.78 is 0. The molecule has 1 saturated carbocycles. The first-order valence-corrected chi connectivity index (χ1v) is 9.47. The number of rotatable bonds is 5. The third-order valence-electron chi connectivity index (χ3n) is 4.85. The van der Waals surface area contributed by atoms with E-state index in [0.717, 1.165) is 44.5 Å². The van der Waals surface area contributed by atoms with Crippen molar-refractivity contribution in [2.75, 3.05) is 23.3 Å². The van der Waals surface area contributed by atoms with Gasteiger partial charge in [-0.1, -0.05) is 23.7 Å². The summed E-state index contributed by atoms with van der Waals surface area (Å²) in [7, 11) is 0. The number of hydrogen-bond acceptors (Lipinski definition) is 5. The van der Waals surface area contributed by atoms with Crippen LogP contribution < -0.4 is 15.5 Å². The second-order valence-corrected chi connectivity index (χ2v) is 7.30. The highest BCUT2D eigenvalue weighted by Crippen LogP contribution is 2.29. The van der Waals surface area contributed by atoms with Gasteiger partial charge >= 0.3 is 0 Å². The number of benzene rings is 1. The molecule has 6 nitrogen and oxygen atoms in total. The monoisotopic (exact) mass is 371 g/mol. The Bertz CT molecular complexity index is 787. The maximum Gasteiger partial charge on any atom is 0.227 e. The molecule has 7 heteroatoms. The topological polar surface area (TPSA) is 70.2 Å². The predicted octanol–water partition coefficient (Wildman–Crippen LogP) is 3.37. The lowest BCUT2D eigenvalue weighted by Gasteiger charge is -2.32. The van der Waals surface area contributed by atoms with Crippen molar-refractivity contribution in [1.29, 1.82) is 0 Å². The average molecular weight is 372 g/mol. The number of nitrogens with zero attached hydrogens (tertiary/aromatic N) is 3. The van der Waals surface area contributed by atoms with Gasteiger partial charge in [-0.05, 0) is 43.9 Å². The zero-order chi connectivity index (χ0) is 17.9. The van der Waals surface area contributed by atoms with Gasteiger partial charge in [0.25, 0.3) is 0 Å². The molecule has 26 heavy (non-hydrogen) atoms. The molecule has 1 aliphatic carbocycles. The van der Waals surface area contributed by atoms with Gasteiger partial charge in [-0.2, -0.15) is 4.98 Å². The SMILES string of the molecule is O=C(NC1CCN(c2nccc(Nc3ccccc3Cl)n2)CC1)C1CC1. The van der Waals surface area contributed by atoms with Crippen molar-refractivity contribution in [2.24, 2.45) is 5.92 Å². The van der Waals surface area contributed by atoms with Crippen LogP contribution >= 0.6 is 11.6 Å². The number of carbonyl (C=O) groups excluding carboxylic acids is 1. The highest BCUT2D eigenvalue weighted by molar-refractivity contribution is 6.33. The molecule has 1 aliphatic heterocycles. The van der Waals surface area contributed by atoms with Crippen LogP contribution in [0.5, 0.6) is 0 Å². The Morgan fingerprint density at radius 1 is 1.12 bits per heavy atom. The van der Waals surface area contributed by atoms with Crippen LogP contribution in [0.3, 0.4) is 0 Å². The van der Waals surface area contributed by atoms with Gasteiger partial charge in [-0.25, -0.2) is 4.98 Å². The van der Waals surface area contributed by atoms with Gasteiger partial charge in [0.2, 0.25) is 11.9 Å². The number of amides is 1. The van der Waals surface area contributed by atoms with Gasteiger partial charge in [0, 0.05) is 31.2 Å². The Morgan fingerprint density at radius 2 is 1.88 bits per heavy atom. The Labute approximate surface area is 158 Å². The first-order valence-electron chi connectivity index (χ1n) is 9.09. The van der Waals surface area contributed by atoms with Crippen LogP contribution in [0.25, 0.3) is 0 Å². The Balaban J connectivity index is 1.36. The summed E-state index contributed by atoms with van der Waals surface area (Å²) in [5.74, 6) is 1.91. The van der Waals surface area contributed by atoms with Crippen molar-refractivity contribution in [3.8, 4) is 0 Å². The summed E-state index contributed by atoms with van der Waals surface area (Å²) in [6, 6.07) is 9.67. The van der Waals surface area contributed by atoms with E-state index in [1.165, 1.54) is 0 Å². The molecule has 1 aromatic carbocycles. The number of piperidine rings is 1. The summed E-state index contributed by atoms with van der Waals surface area (Å²) >= 11 is 6.20. The van der Waals surface area contributed by atoms with Crippen molar-refractivity contribution in [3.63, 3.8) is 0 Å². The first kappa shape index (κ1) is 17.1. The van der Waals surface area contributed by atoms with Crippen molar-refractivity contribution in [2.45, 2.75) is 31.7 Å². The molecule has 2 aromatic rings. The molecule has 0 spiro atoms. The smallest absolute Gasteiger partial charge is 0.227 e. The van der Waals surface area contributed by atoms with E-state index in [9.17, 15) is 4.79 Å². The molecule has 2 heterocycles.